The number of nitrogens with zero attached hydrogens (tertiary/aromatic N) is 1. The van der Waals surface area contributed by atoms with Gasteiger partial charge in [0.15, 0.2) is 0 Å². The normalized spacial score (nSPS) is 9.47. The Morgan fingerprint density at radius 3 is 2.94 bits per heavy atom. The molecule has 5 heteroatoms. The molecule has 0 radical (unpaired) electrons. The summed E-state index contributed by atoms with van der Waals surface area (Å²) >= 11 is 3.32. The molecule has 0 heterocycles. The molecule has 1 aromatic carbocycles. The van der Waals surface area contributed by atoms with Crippen molar-refractivity contribution in [2.75, 3.05) is 18.9 Å². The molecule has 0 aliphatic heterocycles. The summed E-state index contributed by atoms with van der Waals surface area (Å²) < 4.78 is 0.880. The van der Waals surface area contributed by atoms with E-state index in [1.54, 1.807) is 13.1 Å². The predicted octanol–water partition coefficient (Wildman–Crippen LogP) is 2.26. The number of nitrogens with one attached hydrogen (secondary N) is 2. The molecular formula is C12H14BrN3O. The highest BCUT2D eigenvalue weighted by molar-refractivity contribution is 9.10. The first-order valence-corrected chi connectivity index (χ1v) is 6.10. The van der Waals surface area contributed by atoms with Gasteiger partial charge in [-0.1, -0.05) is 15.9 Å². The zero-order valence-electron chi connectivity index (χ0n) is 9.59. The van der Waals surface area contributed by atoms with Crippen LogP contribution in [-0.4, -0.2) is 19.5 Å². The second-order valence-electron chi connectivity index (χ2n) is 3.51. The van der Waals surface area contributed by atoms with Crippen molar-refractivity contribution >= 4 is 27.5 Å². The lowest BCUT2D eigenvalue weighted by atomic mass is 10.2. The van der Waals surface area contributed by atoms with E-state index < -0.39 is 0 Å². The highest BCUT2D eigenvalue weighted by Gasteiger charge is 2.02. The molecule has 1 amide bonds. The molecule has 1 aromatic rings. The molecule has 2 N–H and O–H groups in total. The lowest BCUT2D eigenvalue weighted by molar-refractivity contribution is -0.120. The zero-order chi connectivity index (χ0) is 12.7. The molecule has 0 aliphatic rings. The first kappa shape index (κ1) is 13.5. The maximum atomic E-state index is 11.0. The number of hydrogen-bond donors (Lipinski definition) is 2. The minimum absolute atomic E-state index is 0.0307. The fraction of sp³-hybridized carbons (Fsp3) is 0.333. The Bertz CT molecular complexity index is 440. The average molecular weight is 296 g/mol. The summed E-state index contributed by atoms with van der Waals surface area (Å²) in [6.45, 7) is 0.670. The molecular weight excluding hydrogens is 282 g/mol. The van der Waals surface area contributed by atoms with Gasteiger partial charge < -0.3 is 10.6 Å². The number of anilines is 1. The molecule has 0 saturated carbocycles. The van der Waals surface area contributed by atoms with Crippen LogP contribution in [0.1, 0.15) is 18.4 Å². The third kappa shape index (κ3) is 4.45. The summed E-state index contributed by atoms with van der Waals surface area (Å²) in [4.78, 5) is 11.0. The molecule has 17 heavy (non-hydrogen) atoms. The molecule has 0 saturated heterocycles. The topological polar surface area (TPSA) is 64.9 Å². The van der Waals surface area contributed by atoms with Crippen molar-refractivity contribution in [2.24, 2.45) is 0 Å². The van der Waals surface area contributed by atoms with Crippen LogP contribution in [0.3, 0.4) is 0 Å². The van der Waals surface area contributed by atoms with Crippen molar-refractivity contribution in [1.29, 1.82) is 5.26 Å². The van der Waals surface area contributed by atoms with Gasteiger partial charge in [-0.3, -0.25) is 4.79 Å². The van der Waals surface area contributed by atoms with E-state index in [0.717, 1.165) is 16.6 Å². The number of benzene rings is 1. The van der Waals surface area contributed by atoms with Crippen LogP contribution < -0.4 is 10.6 Å². The van der Waals surface area contributed by atoms with Gasteiger partial charge in [0.05, 0.1) is 11.3 Å². The lowest BCUT2D eigenvalue weighted by Gasteiger charge is -2.08. The van der Waals surface area contributed by atoms with Gasteiger partial charge in [0.2, 0.25) is 5.91 Å². The Balaban J connectivity index is 2.47. The fourth-order valence-corrected chi connectivity index (χ4v) is 1.72. The maximum Gasteiger partial charge on any atom is 0.219 e. The minimum Gasteiger partial charge on any atom is -0.384 e. The Hall–Kier alpha value is -1.54. The highest BCUT2D eigenvalue weighted by atomic mass is 79.9. The van der Waals surface area contributed by atoms with Crippen LogP contribution in [0.5, 0.6) is 0 Å². The molecule has 0 aromatic heterocycles. The SMILES string of the molecule is CNC(=O)CCCNc1ccc(Br)cc1C#N. The molecule has 1 rings (SSSR count). The number of carbonyl (C=O) groups excluding carboxylic acids is 1. The van der Waals surface area contributed by atoms with Gasteiger partial charge in [-0.15, -0.1) is 0 Å². The summed E-state index contributed by atoms with van der Waals surface area (Å²) in [6.07, 6.45) is 1.22. The van der Waals surface area contributed by atoms with Gasteiger partial charge in [-0.25, -0.2) is 0 Å². The molecule has 0 fully saturated rings. The van der Waals surface area contributed by atoms with Crippen molar-refractivity contribution in [1.82, 2.24) is 5.32 Å². The first-order valence-electron chi connectivity index (χ1n) is 5.31. The number of rotatable bonds is 5. The van der Waals surface area contributed by atoms with Gasteiger partial charge in [0.1, 0.15) is 6.07 Å². The summed E-state index contributed by atoms with van der Waals surface area (Å²) in [7, 11) is 1.62. The molecule has 0 atom stereocenters. The zero-order valence-corrected chi connectivity index (χ0v) is 11.2. The summed E-state index contributed by atoms with van der Waals surface area (Å²) in [5.74, 6) is 0.0307. The second kappa shape index (κ2) is 6.92. The van der Waals surface area contributed by atoms with E-state index in [1.165, 1.54) is 0 Å². The Labute approximate surface area is 109 Å². The van der Waals surface area contributed by atoms with Gasteiger partial charge in [0.25, 0.3) is 0 Å². The molecule has 0 aliphatic carbocycles. The second-order valence-corrected chi connectivity index (χ2v) is 4.42. The van der Waals surface area contributed by atoms with Crippen molar-refractivity contribution in [3.63, 3.8) is 0 Å². The number of amides is 1. The third-order valence-corrected chi connectivity index (χ3v) is 2.77. The van der Waals surface area contributed by atoms with Crippen LogP contribution >= 0.6 is 15.9 Å². The molecule has 0 unspecified atom stereocenters. The van der Waals surface area contributed by atoms with E-state index in [0.29, 0.717) is 18.5 Å². The van der Waals surface area contributed by atoms with E-state index in [1.807, 2.05) is 12.1 Å². The van der Waals surface area contributed by atoms with Gasteiger partial charge in [-0.2, -0.15) is 5.26 Å². The number of carbonyl (C=O) groups is 1. The smallest absolute Gasteiger partial charge is 0.219 e. The van der Waals surface area contributed by atoms with Crippen LogP contribution in [0.2, 0.25) is 0 Å². The van der Waals surface area contributed by atoms with Gasteiger partial charge >= 0.3 is 0 Å². The largest absolute Gasteiger partial charge is 0.384 e. The fourth-order valence-electron chi connectivity index (χ4n) is 1.36. The van der Waals surface area contributed by atoms with Crippen LogP contribution in [0.4, 0.5) is 5.69 Å². The first-order chi connectivity index (χ1) is 8.17. The van der Waals surface area contributed by atoms with E-state index in [2.05, 4.69) is 32.6 Å². The van der Waals surface area contributed by atoms with Crippen LogP contribution in [-0.2, 0) is 4.79 Å². The number of hydrogen-bond acceptors (Lipinski definition) is 3. The molecule has 90 valence electrons. The molecule has 0 bridgehead atoms. The van der Waals surface area contributed by atoms with Crippen LogP contribution in [0, 0.1) is 11.3 Å². The maximum absolute atomic E-state index is 11.0. The number of nitriles is 1. The van der Waals surface area contributed by atoms with E-state index >= 15 is 0 Å². The lowest BCUT2D eigenvalue weighted by Crippen LogP contribution is -2.18. The molecule has 0 spiro atoms. The average Bonchev–Trinajstić information content (AvgIpc) is 2.35. The van der Waals surface area contributed by atoms with Crippen molar-refractivity contribution in [2.45, 2.75) is 12.8 Å². The quantitative estimate of drug-likeness (QED) is 0.819. The standard InChI is InChI=1S/C12H14BrN3O/c1-15-12(17)3-2-6-16-11-5-4-10(13)7-9(11)8-14/h4-5,7,16H,2-3,6H2,1H3,(H,15,17). The monoisotopic (exact) mass is 295 g/mol. The van der Waals surface area contributed by atoms with E-state index in [-0.39, 0.29) is 5.91 Å². The summed E-state index contributed by atoms with van der Waals surface area (Å²) in [5, 5.41) is 14.7. The Morgan fingerprint density at radius 2 is 2.29 bits per heavy atom. The van der Waals surface area contributed by atoms with Crippen LogP contribution in [0.15, 0.2) is 22.7 Å². The summed E-state index contributed by atoms with van der Waals surface area (Å²) in [5.41, 5.74) is 1.40. The van der Waals surface area contributed by atoms with E-state index in [9.17, 15) is 4.79 Å². The van der Waals surface area contributed by atoms with Crippen molar-refractivity contribution in [3.05, 3.63) is 28.2 Å². The van der Waals surface area contributed by atoms with Gasteiger partial charge in [-0.05, 0) is 24.6 Å². The Kier molecular flexibility index (Phi) is 5.50. The molecule has 4 nitrogen and oxygen atoms in total. The van der Waals surface area contributed by atoms with Crippen molar-refractivity contribution in [3.8, 4) is 6.07 Å². The summed E-state index contributed by atoms with van der Waals surface area (Å²) in [6, 6.07) is 7.62. The third-order valence-electron chi connectivity index (χ3n) is 2.28. The van der Waals surface area contributed by atoms with Crippen molar-refractivity contribution < 1.29 is 4.79 Å². The highest BCUT2D eigenvalue weighted by Crippen LogP contribution is 2.20. The Morgan fingerprint density at radius 1 is 1.53 bits per heavy atom. The van der Waals surface area contributed by atoms with E-state index in [4.69, 9.17) is 5.26 Å². The van der Waals surface area contributed by atoms with Crippen LogP contribution in [0.25, 0.3) is 0 Å². The number of halogens is 1. The van der Waals surface area contributed by atoms with Gasteiger partial charge in [0, 0.05) is 24.5 Å². The predicted molar refractivity (Wildman–Crippen MR) is 70.6 cm³/mol. The minimum atomic E-state index is 0.0307.